The molecule has 11 heteroatoms. The van der Waals surface area contributed by atoms with Gasteiger partial charge in [0.1, 0.15) is 18.6 Å². The SMILES string of the molecule is CCCCOc1ccc(CN(Cc2coc(CF)n2)C2=NC3(CCN(C(=O)OCc4ccccc4)CC3)ON2)cc1. The van der Waals surface area contributed by atoms with Crippen molar-refractivity contribution in [3.05, 3.63) is 83.6 Å². The lowest BCUT2D eigenvalue weighted by Gasteiger charge is -2.34. The van der Waals surface area contributed by atoms with Gasteiger partial charge in [0.15, 0.2) is 12.4 Å². The number of guanidine groups is 1. The third-order valence-electron chi connectivity index (χ3n) is 7.08. The van der Waals surface area contributed by atoms with E-state index in [0.29, 0.717) is 57.3 Å². The van der Waals surface area contributed by atoms with Gasteiger partial charge in [0, 0.05) is 32.5 Å². The van der Waals surface area contributed by atoms with Gasteiger partial charge in [0.2, 0.25) is 11.9 Å². The number of nitrogens with zero attached hydrogens (tertiary/aromatic N) is 4. The minimum Gasteiger partial charge on any atom is -0.494 e. The number of aliphatic imine (C=N–C) groups is 1. The smallest absolute Gasteiger partial charge is 0.410 e. The summed E-state index contributed by atoms with van der Waals surface area (Å²) < 4.78 is 29.6. The molecule has 0 saturated carbocycles. The summed E-state index contributed by atoms with van der Waals surface area (Å²) in [5, 5.41) is 0. The molecule has 1 aromatic heterocycles. The molecule has 2 aliphatic rings. The maximum atomic E-state index is 13.1. The number of rotatable bonds is 11. The monoisotopic (exact) mass is 565 g/mol. The number of halogens is 1. The Balaban J connectivity index is 1.23. The standard InChI is InChI=1S/C30H36FN5O5/c1-2-3-17-38-26-11-9-23(10-12-26)19-36(20-25-22-39-27(18-31)32-25)28-33-30(41-34-28)13-15-35(16-14-30)29(37)40-21-24-7-5-4-6-8-24/h4-12,22H,2-3,13-21H2,1H3,(H,33,34). The van der Waals surface area contributed by atoms with E-state index in [1.807, 2.05) is 59.5 Å². The topological polar surface area (TPSA) is 102 Å². The maximum absolute atomic E-state index is 13.1. The number of benzene rings is 2. The normalized spacial score (nSPS) is 15.9. The molecule has 3 heterocycles. The van der Waals surface area contributed by atoms with Crippen LogP contribution in [0.4, 0.5) is 9.18 Å². The lowest BCUT2D eigenvalue weighted by Crippen LogP contribution is -2.46. The Kier molecular flexibility index (Phi) is 9.35. The first kappa shape index (κ1) is 28.4. The van der Waals surface area contributed by atoms with Gasteiger partial charge in [0.25, 0.3) is 0 Å². The number of ether oxygens (including phenoxy) is 2. The summed E-state index contributed by atoms with van der Waals surface area (Å²) in [6.07, 6.45) is 4.22. The molecule has 1 N–H and O–H groups in total. The van der Waals surface area contributed by atoms with Gasteiger partial charge in [-0.3, -0.25) is 0 Å². The van der Waals surface area contributed by atoms with Crippen LogP contribution in [0.25, 0.3) is 0 Å². The van der Waals surface area contributed by atoms with Crippen LogP contribution in [0.2, 0.25) is 0 Å². The van der Waals surface area contributed by atoms with Gasteiger partial charge in [0.05, 0.1) is 18.8 Å². The largest absolute Gasteiger partial charge is 0.494 e. The molecule has 5 rings (SSSR count). The number of carbonyl (C=O) groups excluding carboxylic acids is 1. The van der Waals surface area contributed by atoms with Crippen LogP contribution in [-0.2, 0) is 35.9 Å². The third kappa shape index (κ3) is 7.55. The van der Waals surface area contributed by atoms with Crippen LogP contribution in [-0.4, -0.2) is 52.3 Å². The van der Waals surface area contributed by atoms with E-state index < -0.39 is 12.4 Å². The zero-order valence-corrected chi connectivity index (χ0v) is 23.3. The van der Waals surface area contributed by atoms with E-state index in [1.54, 1.807) is 4.90 Å². The summed E-state index contributed by atoms with van der Waals surface area (Å²) in [7, 11) is 0. The molecule has 2 aliphatic heterocycles. The van der Waals surface area contributed by atoms with Crippen LogP contribution in [0.5, 0.6) is 5.75 Å². The highest BCUT2D eigenvalue weighted by Crippen LogP contribution is 2.31. The molecule has 10 nitrogen and oxygen atoms in total. The van der Waals surface area contributed by atoms with Crippen molar-refractivity contribution in [2.75, 3.05) is 19.7 Å². The zero-order valence-electron chi connectivity index (χ0n) is 23.3. The predicted octanol–water partition coefficient (Wildman–Crippen LogP) is 5.34. The van der Waals surface area contributed by atoms with Gasteiger partial charge in [-0.1, -0.05) is 55.8 Å². The Morgan fingerprint density at radius 3 is 2.59 bits per heavy atom. The van der Waals surface area contributed by atoms with Crippen LogP contribution < -0.4 is 10.2 Å². The van der Waals surface area contributed by atoms with Gasteiger partial charge in [-0.25, -0.2) is 29.5 Å². The first-order valence-electron chi connectivity index (χ1n) is 14.0. The summed E-state index contributed by atoms with van der Waals surface area (Å²) in [6.45, 7) is 4.02. The fourth-order valence-corrected chi connectivity index (χ4v) is 4.71. The Morgan fingerprint density at radius 2 is 1.88 bits per heavy atom. The van der Waals surface area contributed by atoms with E-state index >= 15 is 0 Å². The molecule has 41 heavy (non-hydrogen) atoms. The van der Waals surface area contributed by atoms with Crippen LogP contribution >= 0.6 is 0 Å². The first-order valence-corrected chi connectivity index (χ1v) is 14.0. The molecule has 0 radical (unpaired) electrons. The second kappa shape index (κ2) is 13.5. The van der Waals surface area contributed by atoms with Gasteiger partial charge < -0.3 is 23.7 Å². The highest BCUT2D eigenvalue weighted by molar-refractivity contribution is 5.80. The van der Waals surface area contributed by atoms with Crippen molar-refractivity contribution in [2.45, 2.75) is 64.7 Å². The van der Waals surface area contributed by atoms with Crippen molar-refractivity contribution >= 4 is 12.1 Å². The molecule has 1 spiro atoms. The number of aromatic nitrogens is 1. The number of hydrogen-bond donors (Lipinski definition) is 1. The number of hydroxylamine groups is 1. The number of likely N-dealkylation sites (tertiary alicyclic amines) is 1. The van der Waals surface area contributed by atoms with Gasteiger partial charge >= 0.3 is 6.09 Å². The Labute approximate surface area is 239 Å². The highest BCUT2D eigenvalue weighted by atomic mass is 19.1. The molecule has 0 bridgehead atoms. The number of carbonyl (C=O) groups is 1. The second-order valence-electron chi connectivity index (χ2n) is 10.2. The Morgan fingerprint density at radius 1 is 1.10 bits per heavy atom. The molecule has 0 aliphatic carbocycles. The summed E-state index contributed by atoms with van der Waals surface area (Å²) in [5.41, 5.74) is 4.76. The average molecular weight is 566 g/mol. The van der Waals surface area contributed by atoms with E-state index in [1.165, 1.54) is 6.26 Å². The summed E-state index contributed by atoms with van der Waals surface area (Å²) in [4.78, 5) is 31.4. The quantitative estimate of drug-likeness (QED) is 0.311. The van der Waals surface area contributed by atoms with Crippen LogP contribution in [0.15, 0.2) is 70.3 Å². The van der Waals surface area contributed by atoms with E-state index in [2.05, 4.69) is 17.4 Å². The van der Waals surface area contributed by atoms with E-state index in [4.69, 9.17) is 23.7 Å². The number of alkyl halides is 1. The van der Waals surface area contributed by atoms with Crippen molar-refractivity contribution in [2.24, 2.45) is 4.99 Å². The second-order valence-corrected chi connectivity index (χ2v) is 10.2. The lowest BCUT2D eigenvalue weighted by molar-refractivity contribution is -0.0881. The van der Waals surface area contributed by atoms with Crippen molar-refractivity contribution in [3.63, 3.8) is 0 Å². The predicted molar refractivity (Wildman–Crippen MR) is 149 cm³/mol. The number of oxazole rings is 1. The highest BCUT2D eigenvalue weighted by Gasteiger charge is 2.42. The molecule has 1 amide bonds. The van der Waals surface area contributed by atoms with Gasteiger partial charge in [-0.15, -0.1) is 0 Å². The molecule has 218 valence electrons. The summed E-state index contributed by atoms with van der Waals surface area (Å²) >= 11 is 0. The van der Waals surface area contributed by atoms with E-state index in [0.717, 1.165) is 29.7 Å². The molecule has 0 unspecified atom stereocenters. The van der Waals surface area contributed by atoms with Gasteiger partial charge in [-0.2, -0.15) is 0 Å². The summed E-state index contributed by atoms with van der Waals surface area (Å²) in [6, 6.07) is 17.5. The minimum absolute atomic E-state index is 0.0362. The number of nitrogens with one attached hydrogen (secondary N) is 1. The third-order valence-corrected chi connectivity index (χ3v) is 7.08. The molecule has 0 atom stereocenters. The number of amides is 1. The van der Waals surface area contributed by atoms with Crippen molar-refractivity contribution in [1.29, 1.82) is 0 Å². The molecule has 1 saturated heterocycles. The lowest BCUT2D eigenvalue weighted by atomic mass is 10.0. The fourth-order valence-electron chi connectivity index (χ4n) is 4.71. The molecule has 3 aromatic rings. The van der Waals surface area contributed by atoms with Crippen LogP contribution in [0.3, 0.4) is 0 Å². The summed E-state index contributed by atoms with van der Waals surface area (Å²) in [5.74, 6) is 1.40. The van der Waals surface area contributed by atoms with Crippen LogP contribution in [0.1, 0.15) is 55.3 Å². The number of piperidine rings is 1. The van der Waals surface area contributed by atoms with Crippen molar-refractivity contribution < 1.29 is 27.9 Å². The van der Waals surface area contributed by atoms with Crippen molar-refractivity contribution in [1.82, 2.24) is 20.3 Å². The number of hydrogen-bond acceptors (Lipinski definition) is 9. The van der Waals surface area contributed by atoms with Crippen LogP contribution in [0, 0.1) is 0 Å². The molecular formula is C30H36FN5O5. The first-order chi connectivity index (χ1) is 20.1. The van der Waals surface area contributed by atoms with E-state index in [-0.39, 0.29) is 18.6 Å². The zero-order chi connectivity index (χ0) is 28.5. The minimum atomic E-state index is -0.797. The molecular weight excluding hydrogens is 529 g/mol. The Hall–Kier alpha value is -4.12. The average Bonchev–Trinajstić information content (AvgIpc) is 3.64. The molecule has 1 fully saturated rings. The number of unbranched alkanes of at least 4 members (excludes halogenated alkanes) is 1. The Bertz CT molecular complexity index is 1290. The van der Waals surface area contributed by atoms with Crippen molar-refractivity contribution in [3.8, 4) is 5.75 Å². The van der Waals surface area contributed by atoms with E-state index in [9.17, 15) is 9.18 Å². The molecule has 2 aromatic carbocycles. The van der Waals surface area contributed by atoms with Gasteiger partial charge in [-0.05, 0) is 29.7 Å². The maximum Gasteiger partial charge on any atom is 0.410 e. The fraction of sp³-hybridized carbons (Fsp3) is 0.433.